The predicted molar refractivity (Wildman–Crippen MR) is 119 cm³/mol. The molecule has 2 aromatic carbocycles. The van der Waals surface area contributed by atoms with Crippen molar-refractivity contribution in [1.29, 1.82) is 0 Å². The number of amides is 1. The van der Waals surface area contributed by atoms with E-state index < -0.39 is 17.9 Å². The van der Waals surface area contributed by atoms with Gasteiger partial charge in [-0.3, -0.25) is 9.78 Å². The van der Waals surface area contributed by atoms with E-state index in [1.54, 1.807) is 18.2 Å². The third-order valence-electron chi connectivity index (χ3n) is 5.19. The van der Waals surface area contributed by atoms with E-state index in [0.717, 1.165) is 33.3 Å². The number of aromatic nitrogens is 1. The molecule has 0 fully saturated rings. The third-order valence-corrected chi connectivity index (χ3v) is 5.19. The number of aliphatic carboxylic acids is 1. The lowest BCUT2D eigenvalue weighted by molar-refractivity contribution is -0.139. The first-order valence-corrected chi connectivity index (χ1v) is 10.2. The first-order valence-electron chi connectivity index (χ1n) is 10.2. The lowest BCUT2D eigenvalue weighted by Gasteiger charge is -2.15. The Morgan fingerprint density at radius 1 is 1.13 bits per heavy atom. The molecule has 1 atom stereocenters. The highest BCUT2D eigenvalue weighted by Gasteiger charge is 2.20. The summed E-state index contributed by atoms with van der Waals surface area (Å²) in [7, 11) is 0. The molecular formula is C24H27N3O4. The van der Waals surface area contributed by atoms with Crippen LogP contribution in [0.3, 0.4) is 0 Å². The van der Waals surface area contributed by atoms with Crippen LogP contribution in [0, 0.1) is 6.92 Å². The highest BCUT2D eigenvalue weighted by Crippen LogP contribution is 2.24. The van der Waals surface area contributed by atoms with Crippen LogP contribution in [0.2, 0.25) is 0 Å². The van der Waals surface area contributed by atoms with Gasteiger partial charge >= 0.3 is 5.97 Å². The Morgan fingerprint density at radius 2 is 1.90 bits per heavy atom. The molecule has 0 bridgehead atoms. The van der Waals surface area contributed by atoms with Crippen LogP contribution in [-0.4, -0.2) is 39.7 Å². The Labute approximate surface area is 180 Å². The third kappa shape index (κ3) is 5.45. The lowest BCUT2D eigenvalue weighted by atomic mass is 9.98. The number of pyridine rings is 1. The second kappa shape index (κ2) is 10.1. The molecular weight excluding hydrogens is 394 g/mol. The van der Waals surface area contributed by atoms with Gasteiger partial charge in [0.1, 0.15) is 6.04 Å². The number of para-hydroxylation sites is 1. The summed E-state index contributed by atoms with van der Waals surface area (Å²) in [6.45, 7) is 2.20. The van der Waals surface area contributed by atoms with Crippen molar-refractivity contribution < 1.29 is 19.8 Å². The minimum Gasteiger partial charge on any atom is -0.480 e. The summed E-state index contributed by atoms with van der Waals surface area (Å²) in [5.74, 6) is -1.50. The number of carboxylic acid groups (broad SMARTS) is 1. The molecule has 0 aliphatic rings. The number of fused-ring (bicyclic) bond motifs is 1. The van der Waals surface area contributed by atoms with Crippen LogP contribution in [0.1, 0.15) is 45.6 Å². The standard InChI is InChI=1S/C24H27N3O4/c1-15-11-19(14-28)20-8-3-6-17(22(20)26-15)12-16-5-2-7-18(13-16)23(29)27-21(24(30)31)9-4-10-25/h2-3,5-8,11,13,21,28H,4,9-10,12,14,25H2,1H3,(H,27,29)(H,30,31)/t21-/m0/s1. The molecule has 1 amide bonds. The number of benzene rings is 2. The van der Waals surface area contributed by atoms with Crippen molar-refractivity contribution in [3.63, 3.8) is 0 Å². The Morgan fingerprint density at radius 3 is 2.61 bits per heavy atom. The SMILES string of the molecule is Cc1cc(CO)c2cccc(Cc3cccc(C(=O)N[C@@H](CCCN)C(=O)O)c3)c2n1. The van der Waals surface area contributed by atoms with Gasteiger partial charge < -0.3 is 21.3 Å². The van der Waals surface area contributed by atoms with E-state index >= 15 is 0 Å². The molecule has 31 heavy (non-hydrogen) atoms. The van der Waals surface area contributed by atoms with Crippen molar-refractivity contribution >= 4 is 22.8 Å². The topological polar surface area (TPSA) is 126 Å². The van der Waals surface area contributed by atoms with Crippen LogP contribution >= 0.6 is 0 Å². The zero-order chi connectivity index (χ0) is 22.4. The average molecular weight is 421 g/mol. The molecule has 0 unspecified atom stereocenters. The summed E-state index contributed by atoms with van der Waals surface area (Å²) in [5.41, 5.74) is 10.2. The molecule has 0 aliphatic heterocycles. The number of aliphatic hydroxyl groups excluding tert-OH is 1. The van der Waals surface area contributed by atoms with E-state index in [0.29, 0.717) is 24.9 Å². The normalized spacial score (nSPS) is 12.0. The van der Waals surface area contributed by atoms with E-state index in [9.17, 15) is 19.8 Å². The maximum absolute atomic E-state index is 12.6. The number of rotatable bonds is 9. The smallest absolute Gasteiger partial charge is 0.326 e. The number of nitrogens with zero attached hydrogens (tertiary/aromatic N) is 1. The zero-order valence-electron chi connectivity index (χ0n) is 17.5. The van der Waals surface area contributed by atoms with E-state index in [1.165, 1.54) is 0 Å². The van der Waals surface area contributed by atoms with E-state index in [4.69, 9.17) is 5.73 Å². The Hall–Kier alpha value is -3.29. The highest BCUT2D eigenvalue weighted by molar-refractivity contribution is 5.96. The summed E-state index contributed by atoms with van der Waals surface area (Å²) in [6, 6.07) is 13.9. The van der Waals surface area contributed by atoms with Crippen LogP contribution in [0.25, 0.3) is 10.9 Å². The largest absolute Gasteiger partial charge is 0.480 e. The van der Waals surface area contributed by atoms with Crippen molar-refractivity contribution in [2.24, 2.45) is 5.73 Å². The predicted octanol–water partition coefficient (Wildman–Crippen LogP) is 2.55. The monoisotopic (exact) mass is 421 g/mol. The molecule has 0 saturated carbocycles. The van der Waals surface area contributed by atoms with Crippen molar-refractivity contribution in [2.75, 3.05) is 6.54 Å². The van der Waals surface area contributed by atoms with Crippen molar-refractivity contribution in [3.05, 3.63) is 76.5 Å². The molecule has 3 aromatic rings. The van der Waals surface area contributed by atoms with Gasteiger partial charge in [-0.05, 0) is 67.6 Å². The second-order valence-corrected chi connectivity index (χ2v) is 7.57. The summed E-state index contributed by atoms with van der Waals surface area (Å²) in [5, 5.41) is 22.5. The fraction of sp³-hybridized carbons (Fsp3) is 0.292. The number of hydrogen-bond donors (Lipinski definition) is 4. The van der Waals surface area contributed by atoms with Gasteiger partial charge in [-0.2, -0.15) is 0 Å². The number of aliphatic hydroxyl groups is 1. The summed E-state index contributed by atoms with van der Waals surface area (Å²) in [6.07, 6.45) is 1.35. The molecule has 1 heterocycles. The quantitative estimate of drug-likeness (QED) is 0.421. The number of carboxylic acids is 1. The maximum atomic E-state index is 12.6. The van der Waals surface area contributed by atoms with Gasteiger partial charge in [0.2, 0.25) is 0 Å². The lowest BCUT2D eigenvalue weighted by Crippen LogP contribution is -2.41. The summed E-state index contributed by atoms with van der Waals surface area (Å²) in [4.78, 5) is 28.7. The summed E-state index contributed by atoms with van der Waals surface area (Å²) < 4.78 is 0. The molecule has 162 valence electrons. The second-order valence-electron chi connectivity index (χ2n) is 7.57. The van der Waals surface area contributed by atoms with Crippen LogP contribution in [-0.2, 0) is 17.8 Å². The number of nitrogens with two attached hydrogens (primary N) is 1. The molecule has 7 nitrogen and oxygen atoms in total. The summed E-state index contributed by atoms with van der Waals surface area (Å²) >= 11 is 0. The molecule has 3 rings (SSSR count). The zero-order valence-corrected chi connectivity index (χ0v) is 17.5. The molecule has 0 saturated heterocycles. The number of carbonyl (C=O) groups is 2. The number of aryl methyl sites for hydroxylation is 1. The van der Waals surface area contributed by atoms with Crippen molar-refractivity contribution in [1.82, 2.24) is 10.3 Å². The average Bonchev–Trinajstić information content (AvgIpc) is 2.76. The van der Waals surface area contributed by atoms with E-state index in [-0.39, 0.29) is 13.0 Å². The molecule has 0 spiro atoms. The van der Waals surface area contributed by atoms with Crippen molar-refractivity contribution in [2.45, 2.75) is 38.8 Å². The number of nitrogens with one attached hydrogen (secondary N) is 1. The molecule has 0 radical (unpaired) electrons. The molecule has 5 N–H and O–H groups in total. The van der Waals surface area contributed by atoms with Crippen LogP contribution < -0.4 is 11.1 Å². The van der Waals surface area contributed by atoms with Crippen LogP contribution in [0.15, 0.2) is 48.5 Å². The van der Waals surface area contributed by atoms with Gasteiger partial charge in [-0.25, -0.2) is 4.79 Å². The number of carbonyl (C=O) groups excluding carboxylic acids is 1. The fourth-order valence-corrected chi connectivity index (χ4v) is 3.66. The fourth-order valence-electron chi connectivity index (χ4n) is 3.66. The molecule has 1 aromatic heterocycles. The van der Waals surface area contributed by atoms with Crippen molar-refractivity contribution in [3.8, 4) is 0 Å². The first-order chi connectivity index (χ1) is 14.9. The molecule has 7 heteroatoms. The first kappa shape index (κ1) is 22.4. The van der Waals surface area contributed by atoms with Gasteiger partial charge in [0, 0.05) is 16.6 Å². The molecule has 0 aliphatic carbocycles. The van der Waals surface area contributed by atoms with Crippen LogP contribution in [0.4, 0.5) is 0 Å². The van der Waals surface area contributed by atoms with Crippen LogP contribution in [0.5, 0.6) is 0 Å². The van der Waals surface area contributed by atoms with Gasteiger partial charge in [0.15, 0.2) is 0 Å². The highest BCUT2D eigenvalue weighted by atomic mass is 16.4. The van der Waals surface area contributed by atoms with Gasteiger partial charge in [-0.1, -0.05) is 30.3 Å². The van der Waals surface area contributed by atoms with Gasteiger partial charge in [0.25, 0.3) is 5.91 Å². The Balaban J connectivity index is 1.85. The maximum Gasteiger partial charge on any atom is 0.326 e. The minimum atomic E-state index is -1.07. The van der Waals surface area contributed by atoms with Gasteiger partial charge in [0.05, 0.1) is 12.1 Å². The number of hydrogen-bond acceptors (Lipinski definition) is 5. The van der Waals surface area contributed by atoms with E-state index in [1.807, 2.05) is 37.3 Å². The Bertz CT molecular complexity index is 1100. The van der Waals surface area contributed by atoms with Gasteiger partial charge in [-0.15, -0.1) is 0 Å². The van der Waals surface area contributed by atoms with E-state index in [2.05, 4.69) is 10.3 Å². The minimum absolute atomic E-state index is 0.0616. The Kier molecular flexibility index (Phi) is 7.33.